The van der Waals surface area contributed by atoms with E-state index >= 15 is 0 Å². The molecule has 0 saturated heterocycles. The van der Waals surface area contributed by atoms with Gasteiger partial charge in [-0.1, -0.05) is 44.2 Å². The van der Waals surface area contributed by atoms with Gasteiger partial charge in [0.15, 0.2) is 17.3 Å². The molecule has 21 heavy (non-hydrogen) atoms. The molecule has 4 N–H and O–H groups in total. The van der Waals surface area contributed by atoms with Crippen LogP contribution >= 0.6 is 0 Å². The lowest BCUT2D eigenvalue weighted by Crippen LogP contribution is -2.16. The fraction of sp³-hybridized carbons (Fsp3) is 0.400. The summed E-state index contributed by atoms with van der Waals surface area (Å²) in [5.74, 6) is 0.448. The van der Waals surface area contributed by atoms with Crippen molar-refractivity contribution in [2.24, 2.45) is 10.7 Å². The highest BCUT2D eigenvalue weighted by molar-refractivity contribution is 5.99. The third-order valence-electron chi connectivity index (χ3n) is 2.76. The Hall–Kier alpha value is -2.37. The maximum Gasteiger partial charge on any atom is 0.199 e. The molecule has 0 unspecified atom stereocenters. The Kier molecular flexibility index (Phi) is 7.56. The molecule has 1 aromatic carbocycles. The Morgan fingerprint density at radius 1 is 1.14 bits per heavy atom. The van der Waals surface area contributed by atoms with Crippen molar-refractivity contribution >= 4 is 11.7 Å². The number of anilines is 1. The number of aliphatic imine (C=N–C) groups is 1. The van der Waals surface area contributed by atoms with Gasteiger partial charge in [-0.05, 0) is 35.1 Å². The molecule has 0 spiro atoms. The fourth-order valence-corrected chi connectivity index (χ4v) is 1.73. The summed E-state index contributed by atoms with van der Waals surface area (Å²) >= 11 is 0. The summed E-state index contributed by atoms with van der Waals surface area (Å²) in [7, 11) is 0. The van der Waals surface area contributed by atoms with Gasteiger partial charge in [-0.25, -0.2) is 4.63 Å². The van der Waals surface area contributed by atoms with Crippen LogP contribution in [0.1, 0.15) is 37.9 Å². The topological polar surface area (TPSA) is 103 Å². The molecule has 114 valence electrons. The molecule has 0 fully saturated rings. The van der Waals surface area contributed by atoms with Crippen LogP contribution in [-0.4, -0.2) is 22.7 Å². The number of aromatic nitrogens is 2. The van der Waals surface area contributed by atoms with Crippen molar-refractivity contribution < 1.29 is 4.63 Å². The normalized spacial score (nSPS) is 10.9. The molecule has 0 aliphatic rings. The molecule has 0 amide bonds. The Morgan fingerprint density at radius 2 is 1.86 bits per heavy atom. The zero-order chi connectivity index (χ0) is 15.5. The van der Waals surface area contributed by atoms with Gasteiger partial charge in [0.05, 0.1) is 0 Å². The molecule has 0 aliphatic carbocycles. The lowest BCUT2D eigenvalue weighted by Gasteiger charge is -2.00. The lowest BCUT2D eigenvalue weighted by atomic mass is 10.1. The summed E-state index contributed by atoms with van der Waals surface area (Å²) < 4.78 is 4.47. The zero-order valence-electron chi connectivity index (χ0n) is 12.6. The van der Waals surface area contributed by atoms with Gasteiger partial charge in [0.2, 0.25) is 0 Å². The number of nitrogens with zero attached hydrogens (tertiary/aromatic N) is 3. The van der Waals surface area contributed by atoms with Gasteiger partial charge in [-0.15, -0.1) is 0 Å². The van der Waals surface area contributed by atoms with Crippen LogP contribution in [-0.2, 0) is 6.42 Å². The van der Waals surface area contributed by atoms with Gasteiger partial charge in [-0.2, -0.15) is 0 Å². The minimum atomic E-state index is 0.172. The molecule has 2 rings (SSSR count). The predicted molar refractivity (Wildman–Crippen MR) is 85.0 cm³/mol. The molecule has 0 atom stereocenters. The molecule has 6 heteroatoms. The molecule has 6 nitrogen and oxygen atoms in total. The first-order valence-electron chi connectivity index (χ1n) is 7.19. The Labute approximate surface area is 125 Å². The van der Waals surface area contributed by atoms with Crippen molar-refractivity contribution in [3.05, 3.63) is 41.6 Å². The van der Waals surface area contributed by atoms with Crippen molar-refractivity contribution in [2.75, 3.05) is 12.3 Å². The number of amidine groups is 1. The molecule has 1 aromatic heterocycles. The third kappa shape index (κ3) is 5.64. The highest BCUT2D eigenvalue weighted by Gasteiger charge is 2.09. The summed E-state index contributed by atoms with van der Waals surface area (Å²) in [4.78, 5) is 4.21. The van der Waals surface area contributed by atoms with E-state index in [0.717, 1.165) is 19.3 Å². The molecular formula is C15H23N5O. The number of rotatable bonds is 6. The van der Waals surface area contributed by atoms with E-state index in [0.29, 0.717) is 12.2 Å². The second-order valence-corrected chi connectivity index (χ2v) is 4.21. The van der Waals surface area contributed by atoms with Crippen molar-refractivity contribution in [1.82, 2.24) is 10.3 Å². The Balaban J connectivity index is 0.00000106. The van der Waals surface area contributed by atoms with Gasteiger partial charge in [-0.3, -0.25) is 4.99 Å². The maximum atomic E-state index is 5.74. The zero-order valence-corrected chi connectivity index (χ0v) is 12.6. The van der Waals surface area contributed by atoms with Crippen molar-refractivity contribution in [3.63, 3.8) is 0 Å². The largest absolute Gasteiger partial charge is 0.382 e. The highest BCUT2D eigenvalue weighted by atomic mass is 16.6. The van der Waals surface area contributed by atoms with Crippen LogP contribution in [0.15, 0.2) is 40.0 Å². The molecule has 0 radical (unpaired) electrons. The predicted octanol–water partition coefficient (Wildman–Crippen LogP) is 2.41. The average molecular weight is 289 g/mol. The SMILES string of the molecule is CC.NC(=NCCCCc1ccccc1)c1nonc1N. The number of benzene rings is 1. The minimum Gasteiger partial charge on any atom is -0.382 e. The Morgan fingerprint density at radius 3 is 2.48 bits per heavy atom. The van der Waals surface area contributed by atoms with E-state index < -0.39 is 0 Å². The Bertz CT molecular complexity index is 536. The molecule has 0 saturated carbocycles. The van der Waals surface area contributed by atoms with Gasteiger partial charge >= 0.3 is 0 Å². The monoisotopic (exact) mass is 289 g/mol. The van der Waals surface area contributed by atoms with Gasteiger partial charge in [0.1, 0.15) is 0 Å². The van der Waals surface area contributed by atoms with Crippen LogP contribution in [0.2, 0.25) is 0 Å². The van der Waals surface area contributed by atoms with Crippen molar-refractivity contribution in [2.45, 2.75) is 33.1 Å². The molecule has 0 aliphatic heterocycles. The van der Waals surface area contributed by atoms with Crippen LogP contribution in [0.4, 0.5) is 5.82 Å². The molecule has 1 heterocycles. The number of nitrogen functional groups attached to an aromatic ring is 1. The quantitative estimate of drug-likeness (QED) is 0.483. The first-order valence-corrected chi connectivity index (χ1v) is 7.19. The average Bonchev–Trinajstić information content (AvgIpc) is 2.96. The standard InChI is InChI=1S/C13H17N5O.C2H6/c14-12(11-13(15)18-19-17-11)16-9-5-4-8-10-6-2-1-3-7-10;1-2/h1-3,6-7H,4-5,8-9H2,(H2,14,16)(H2,15,18);1-2H3. The van der Waals surface area contributed by atoms with E-state index in [4.69, 9.17) is 11.5 Å². The smallest absolute Gasteiger partial charge is 0.199 e. The van der Waals surface area contributed by atoms with E-state index in [9.17, 15) is 0 Å². The summed E-state index contributed by atoms with van der Waals surface area (Å²) in [6.07, 6.45) is 3.07. The number of hydrogen-bond donors (Lipinski definition) is 2. The van der Waals surface area contributed by atoms with Crippen LogP contribution in [0.3, 0.4) is 0 Å². The minimum absolute atomic E-state index is 0.172. The lowest BCUT2D eigenvalue weighted by molar-refractivity contribution is 0.308. The van der Waals surface area contributed by atoms with E-state index in [-0.39, 0.29) is 11.7 Å². The summed E-state index contributed by atoms with van der Waals surface area (Å²) in [5, 5.41) is 7.05. The fourth-order valence-electron chi connectivity index (χ4n) is 1.73. The van der Waals surface area contributed by atoms with Crippen molar-refractivity contribution in [1.29, 1.82) is 0 Å². The molecule has 2 aromatic rings. The van der Waals surface area contributed by atoms with E-state index in [1.165, 1.54) is 5.56 Å². The first-order chi connectivity index (χ1) is 10.3. The summed E-state index contributed by atoms with van der Waals surface area (Å²) in [6, 6.07) is 10.4. The highest BCUT2D eigenvalue weighted by Crippen LogP contribution is 2.06. The van der Waals surface area contributed by atoms with Crippen LogP contribution in [0, 0.1) is 0 Å². The summed E-state index contributed by atoms with van der Waals surface area (Å²) in [6.45, 7) is 4.64. The van der Waals surface area contributed by atoms with Crippen LogP contribution in [0.5, 0.6) is 0 Å². The maximum absolute atomic E-state index is 5.74. The first kappa shape index (κ1) is 16.7. The number of nitrogens with two attached hydrogens (primary N) is 2. The van der Waals surface area contributed by atoms with Gasteiger partial charge < -0.3 is 11.5 Å². The number of unbranched alkanes of at least 4 members (excludes halogenated alkanes) is 1. The summed E-state index contributed by atoms with van der Waals surface area (Å²) in [5.41, 5.74) is 12.9. The second kappa shape index (κ2) is 9.52. The van der Waals surface area contributed by atoms with E-state index in [1.807, 2.05) is 32.0 Å². The third-order valence-corrected chi connectivity index (χ3v) is 2.76. The second-order valence-electron chi connectivity index (χ2n) is 4.21. The van der Waals surface area contributed by atoms with Crippen molar-refractivity contribution in [3.8, 4) is 0 Å². The van der Waals surface area contributed by atoms with Gasteiger partial charge in [0.25, 0.3) is 0 Å². The van der Waals surface area contributed by atoms with Crippen LogP contribution in [0.25, 0.3) is 0 Å². The number of hydrogen-bond acceptors (Lipinski definition) is 5. The molecule has 0 bridgehead atoms. The number of aryl methyl sites for hydroxylation is 1. The van der Waals surface area contributed by atoms with Crippen LogP contribution < -0.4 is 11.5 Å². The van der Waals surface area contributed by atoms with Gasteiger partial charge in [0, 0.05) is 6.54 Å². The van der Waals surface area contributed by atoms with E-state index in [2.05, 4.69) is 32.1 Å². The molecular weight excluding hydrogens is 266 g/mol. The van der Waals surface area contributed by atoms with E-state index in [1.54, 1.807) is 0 Å².